The molecule has 0 spiro atoms. The Bertz CT molecular complexity index is 354. The van der Waals surface area contributed by atoms with Gasteiger partial charge in [0.25, 0.3) is 0 Å². The largest absolute Gasteiger partial charge is 0.508 e. The van der Waals surface area contributed by atoms with Gasteiger partial charge in [-0.3, -0.25) is 0 Å². The molecule has 2 rings (SSSR count). The standard InChI is InChI=1S/C11H15NO4/c13-5-8-10(15)11(16)9(12-8)6-1-3-7(14)4-2-6/h1-4,8-16H,5H2/t8-,9-,10-,11-/m0/s1. The summed E-state index contributed by atoms with van der Waals surface area (Å²) >= 11 is 0. The van der Waals surface area contributed by atoms with E-state index in [2.05, 4.69) is 5.32 Å². The minimum atomic E-state index is -0.983. The van der Waals surface area contributed by atoms with E-state index in [1.807, 2.05) is 0 Å². The number of hydrogen-bond acceptors (Lipinski definition) is 5. The van der Waals surface area contributed by atoms with Crippen molar-refractivity contribution in [3.8, 4) is 5.75 Å². The van der Waals surface area contributed by atoms with Gasteiger partial charge in [-0.25, -0.2) is 0 Å². The molecule has 1 aromatic carbocycles. The number of aliphatic hydroxyl groups is 3. The van der Waals surface area contributed by atoms with Gasteiger partial charge in [-0.05, 0) is 17.7 Å². The fourth-order valence-corrected chi connectivity index (χ4v) is 2.00. The highest BCUT2D eigenvalue weighted by Crippen LogP contribution is 2.28. The molecule has 0 bridgehead atoms. The average Bonchev–Trinajstić information content (AvgIpc) is 2.57. The van der Waals surface area contributed by atoms with Crippen molar-refractivity contribution in [1.82, 2.24) is 5.32 Å². The molecule has 1 saturated heterocycles. The van der Waals surface area contributed by atoms with Gasteiger partial charge < -0.3 is 25.7 Å². The molecular formula is C11H15NO4. The van der Waals surface area contributed by atoms with Crippen LogP contribution in [0.1, 0.15) is 11.6 Å². The molecule has 0 saturated carbocycles. The van der Waals surface area contributed by atoms with E-state index in [0.717, 1.165) is 5.56 Å². The van der Waals surface area contributed by atoms with Gasteiger partial charge in [0.05, 0.1) is 24.8 Å². The molecule has 0 aromatic heterocycles. The van der Waals surface area contributed by atoms with Crippen LogP contribution in [-0.2, 0) is 0 Å². The zero-order valence-electron chi connectivity index (χ0n) is 8.61. The monoisotopic (exact) mass is 225 g/mol. The Hall–Kier alpha value is -1.14. The number of hydrogen-bond donors (Lipinski definition) is 5. The summed E-state index contributed by atoms with van der Waals surface area (Å²) < 4.78 is 0. The first-order chi connectivity index (χ1) is 7.63. The summed E-state index contributed by atoms with van der Waals surface area (Å²) in [6.07, 6.45) is -1.94. The lowest BCUT2D eigenvalue weighted by Gasteiger charge is -2.16. The van der Waals surface area contributed by atoms with Crippen molar-refractivity contribution in [2.24, 2.45) is 0 Å². The minimum Gasteiger partial charge on any atom is -0.508 e. The van der Waals surface area contributed by atoms with Gasteiger partial charge in [0.1, 0.15) is 11.9 Å². The lowest BCUT2D eigenvalue weighted by atomic mass is 10.0. The molecule has 0 radical (unpaired) electrons. The zero-order valence-corrected chi connectivity index (χ0v) is 8.61. The van der Waals surface area contributed by atoms with E-state index in [9.17, 15) is 10.2 Å². The molecule has 1 aromatic rings. The Morgan fingerprint density at radius 2 is 1.69 bits per heavy atom. The second kappa shape index (κ2) is 4.39. The number of phenols is 1. The van der Waals surface area contributed by atoms with Crippen molar-refractivity contribution >= 4 is 0 Å². The average molecular weight is 225 g/mol. The van der Waals surface area contributed by atoms with Crippen LogP contribution in [0.5, 0.6) is 5.75 Å². The maximum absolute atomic E-state index is 9.80. The summed E-state index contributed by atoms with van der Waals surface area (Å²) in [7, 11) is 0. The number of aliphatic hydroxyl groups excluding tert-OH is 3. The smallest absolute Gasteiger partial charge is 0.115 e. The predicted molar refractivity (Wildman–Crippen MR) is 56.9 cm³/mol. The van der Waals surface area contributed by atoms with E-state index < -0.39 is 24.3 Å². The molecule has 0 aliphatic carbocycles. The van der Waals surface area contributed by atoms with Crippen LogP contribution >= 0.6 is 0 Å². The molecule has 1 aliphatic rings. The highest BCUT2D eigenvalue weighted by atomic mass is 16.3. The highest BCUT2D eigenvalue weighted by Gasteiger charge is 2.41. The molecule has 0 unspecified atom stereocenters. The zero-order chi connectivity index (χ0) is 11.7. The molecule has 0 amide bonds. The Labute approximate surface area is 93.0 Å². The van der Waals surface area contributed by atoms with Crippen LogP contribution in [0.3, 0.4) is 0 Å². The van der Waals surface area contributed by atoms with Crippen LogP contribution in [0.25, 0.3) is 0 Å². The molecule has 5 heteroatoms. The van der Waals surface area contributed by atoms with Crippen molar-refractivity contribution in [1.29, 1.82) is 0 Å². The molecule has 1 aliphatic heterocycles. The molecule has 16 heavy (non-hydrogen) atoms. The Kier molecular flexibility index (Phi) is 3.11. The predicted octanol–water partition coefficient (Wildman–Crippen LogP) is -0.881. The van der Waals surface area contributed by atoms with E-state index in [1.165, 1.54) is 12.1 Å². The van der Waals surface area contributed by atoms with Gasteiger partial charge in [0.15, 0.2) is 0 Å². The fourth-order valence-electron chi connectivity index (χ4n) is 2.00. The first-order valence-electron chi connectivity index (χ1n) is 5.15. The Morgan fingerprint density at radius 3 is 2.19 bits per heavy atom. The summed E-state index contributed by atoms with van der Waals surface area (Å²) in [5.41, 5.74) is 0.764. The lowest BCUT2D eigenvalue weighted by molar-refractivity contribution is 0.0194. The second-order valence-electron chi connectivity index (χ2n) is 4.01. The van der Waals surface area contributed by atoms with Crippen LogP contribution in [0.15, 0.2) is 24.3 Å². The third-order valence-corrected chi connectivity index (χ3v) is 2.95. The number of aromatic hydroxyl groups is 1. The van der Waals surface area contributed by atoms with Crippen LogP contribution < -0.4 is 5.32 Å². The van der Waals surface area contributed by atoms with E-state index in [0.29, 0.717) is 0 Å². The summed E-state index contributed by atoms with van der Waals surface area (Å²) in [5.74, 6) is 0.149. The molecule has 88 valence electrons. The van der Waals surface area contributed by atoms with E-state index in [1.54, 1.807) is 12.1 Å². The SMILES string of the molecule is OC[C@@H]1N[C@@H](c2ccc(O)cc2)[C@H](O)[C@H]1O. The van der Waals surface area contributed by atoms with Crippen LogP contribution in [0.4, 0.5) is 0 Å². The summed E-state index contributed by atoms with van der Waals surface area (Å²) in [5, 5.41) is 40.5. The van der Waals surface area contributed by atoms with Gasteiger partial charge in [-0.2, -0.15) is 0 Å². The minimum absolute atomic E-state index is 0.149. The first-order valence-corrected chi connectivity index (χ1v) is 5.15. The van der Waals surface area contributed by atoms with Gasteiger partial charge in [0, 0.05) is 0 Å². The van der Waals surface area contributed by atoms with Crippen LogP contribution in [0, 0.1) is 0 Å². The van der Waals surface area contributed by atoms with Crippen molar-refractivity contribution in [2.75, 3.05) is 6.61 Å². The molecule has 5 N–H and O–H groups in total. The highest BCUT2D eigenvalue weighted by molar-refractivity contribution is 5.30. The molecule has 5 nitrogen and oxygen atoms in total. The van der Waals surface area contributed by atoms with Crippen molar-refractivity contribution in [2.45, 2.75) is 24.3 Å². The normalized spacial score (nSPS) is 34.2. The summed E-state index contributed by atoms with van der Waals surface area (Å²) in [6.45, 7) is -0.229. The van der Waals surface area contributed by atoms with Crippen molar-refractivity contribution in [3.05, 3.63) is 29.8 Å². The van der Waals surface area contributed by atoms with Gasteiger partial charge in [0.2, 0.25) is 0 Å². The van der Waals surface area contributed by atoms with Crippen molar-refractivity contribution < 1.29 is 20.4 Å². The second-order valence-corrected chi connectivity index (χ2v) is 4.01. The first kappa shape index (κ1) is 11.3. The summed E-state index contributed by atoms with van der Waals surface area (Å²) in [6, 6.07) is 5.43. The van der Waals surface area contributed by atoms with Crippen LogP contribution in [-0.4, -0.2) is 45.3 Å². The number of benzene rings is 1. The van der Waals surface area contributed by atoms with E-state index >= 15 is 0 Å². The quantitative estimate of drug-likeness (QED) is 0.451. The Morgan fingerprint density at radius 1 is 1.06 bits per heavy atom. The topological polar surface area (TPSA) is 93.0 Å². The molecule has 1 heterocycles. The lowest BCUT2D eigenvalue weighted by Crippen LogP contribution is -2.35. The number of nitrogens with one attached hydrogen (secondary N) is 1. The Balaban J connectivity index is 2.19. The molecule has 4 atom stereocenters. The van der Waals surface area contributed by atoms with Crippen molar-refractivity contribution in [3.63, 3.8) is 0 Å². The fraction of sp³-hybridized carbons (Fsp3) is 0.455. The maximum Gasteiger partial charge on any atom is 0.115 e. The van der Waals surface area contributed by atoms with Gasteiger partial charge >= 0.3 is 0 Å². The van der Waals surface area contributed by atoms with Crippen LogP contribution in [0.2, 0.25) is 0 Å². The molecule has 1 fully saturated rings. The van der Waals surface area contributed by atoms with E-state index in [4.69, 9.17) is 10.2 Å². The van der Waals surface area contributed by atoms with Gasteiger partial charge in [-0.1, -0.05) is 12.1 Å². The van der Waals surface area contributed by atoms with E-state index in [-0.39, 0.29) is 12.4 Å². The third kappa shape index (κ3) is 1.90. The summed E-state index contributed by atoms with van der Waals surface area (Å²) in [4.78, 5) is 0. The van der Waals surface area contributed by atoms with Gasteiger partial charge in [-0.15, -0.1) is 0 Å². The third-order valence-electron chi connectivity index (χ3n) is 2.95. The number of phenolic OH excluding ortho intramolecular Hbond substituents is 1. The number of rotatable bonds is 2. The maximum atomic E-state index is 9.80. The molecular weight excluding hydrogens is 210 g/mol.